The first-order valence-electron chi connectivity index (χ1n) is 8.05. The van der Waals surface area contributed by atoms with Gasteiger partial charge in [0, 0.05) is 13.1 Å². The van der Waals surface area contributed by atoms with E-state index in [1.807, 2.05) is 0 Å². The fourth-order valence-corrected chi connectivity index (χ4v) is 2.92. The highest BCUT2D eigenvalue weighted by molar-refractivity contribution is 5.26. The lowest BCUT2D eigenvalue weighted by Crippen LogP contribution is -2.28. The highest BCUT2D eigenvalue weighted by Gasteiger charge is 2.40. The van der Waals surface area contributed by atoms with Gasteiger partial charge in [-0.15, -0.1) is 0 Å². The summed E-state index contributed by atoms with van der Waals surface area (Å²) in [6, 6.07) is 8.37. The summed E-state index contributed by atoms with van der Waals surface area (Å²) in [5, 5.41) is 13.7. The Morgan fingerprint density at radius 1 is 1.15 bits per heavy atom. The van der Waals surface area contributed by atoms with Gasteiger partial charge in [0.1, 0.15) is 0 Å². The van der Waals surface area contributed by atoms with Crippen molar-refractivity contribution in [1.82, 2.24) is 5.32 Å². The fraction of sp³-hybridized carbons (Fsp3) is 0.667. The first-order chi connectivity index (χ1) is 9.56. The minimum atomic E-state index is -0.395. The lowest BCUT2D eigenvalue weighted by atomic mass is 9.99. The van der Waals surface area contributed by atoms with E-state index in [-0.39, 0.29) is 0 Å². The van der Waals surface area contributed by atoms with Gasteiger partial charge in [-0.2, -0.15) is 0 Å². The van der Waals surface area contributed by atoms with Crippen LogP contribution in [0.3, 0.4) is 0 Å². The molecule has 1 atom stereocenters. The Hall–Kier alpha value is -0.860. The highest BCUT2D eigenvalue weighted by atomic mass is 16.3. The molecule has 2 heteroatoms. The van der Waals surface area contributed by atoms with Gasteiger partial charge in [0.15, 0.2) is 0 Å². The molecule has 1 aliphatic rings. The van der Waals surface area contributed by atoms with E-state index in [0.717, 1.165) is 12.1 Å². The Kier molecular flexibility index (Phi) is 5.22. The van der Waals surface area contributed by atoms with Crippen LogP contribution in [0.1, 0.15) is 69.6 Å². The number of aliphatic hydroxyl groups excluding tert-OH is 1. The van der Waals surface area contributed by atoms with E-state index in [1.165, 1.54) is 31.2 Å². The molecular weight excluding hydrogens is 246 g/mol. The van der Waals surface area contributed by atoms with Crippen molar-refractivity contribution >= 4 is 0 Å². The van der Waals surface area contributed by atoms with E-state index in [9.17, 15) is 5.11 Å². The topological polar surface area (TPSA) is 32.3 Å². The average Bonchev–Trinajstić information content (AvgIpc) is 3.19. The van der Waals surface area contributed by atoms with Gasteiger partial charge in [0.2, 0.25) is 0 Å². The van der Waals surface area contributed by atoms with Gasteiger partial charge < -0.3 is 10.4 Å². The first-order valence-corrected chi connectivity index (χ1v) is 8.05. The summed E-state index contributed by atoms with van der Waals surface area (Å²) in [7, 11) is 0. The van der Waals surface area contributed by atoms with Crippen LogP contribution in [0.15, 0.2) is 24.3 Å². The SMILES string of the molecule is CCCC1(CNCC(O)c2ccc(C(C)C)cc2)CC1. The van der Waals surface area contributed by atoms with Gasteiger partial charge in [-0.05, 0) is 41.7 Å². The largest absolute Gasteiger partial charge is 0.387 e. The second-order valence-electron chi connectivity index (χ2n) is 6.72. The van der Waals surface area contributed by atoms with Crippen molar-refractivity contribution in [1.29, 1.82) is 0 Å². The van der Waals surface area contributed by atoms with Crippen LogP contribution in [-0.4, -0.2) is 18.2 Å². The van der Waals surface area contributed by atoms with E-state index < -0.39 is 6.10 Å². The third-order valence-corrected chi connectivity index (χ3v) is 4.56. The molecule has 0 aromatic heterocycles. The number of hydrogen-bond donors (Lipinski definition) is 2. The zero-order chi connectivity index (χ0) is 14.6. The molecule has 0 saturated heterocycles. The minimum absolute atomic E-state index is 0.395. The van der Waals surface area contributed by atoms with Crippen LogP contribution in [0, 0.1) is 5.41 Å². The molecule has 20 heavy (non-hydrogen) atoms. The third kappa shape index (κ3) is 4.07. The summed E-state index contributed by atoms with van der Waals surface area (Å²) in [5.74, 6) is 0.545. The molecule has 1 fully saturated rings. The quantitative estimate of drug-likeness (QED) is 0.751. The number of benzene rings is 1. The number of hydrogen-bond acceptors (Lipinski definition) is 2. The Morgan fingerprint density at radius 3 is 2.25 bits per heavy atom. The molecule has 1 aromatic carbocycles. The maximum atomic E-state index is 10.2. The summed E-state index contributed by atoms with van der Waals surface area (Å²) in [6.45, 7) is 8.35. The van der Waals surface area contributed by atoms with Crippen LogP contribution in [0.2, 0.25) is 0 Å². The Balaban J connectivity index is 1.78. The summed E-state index contributed by atoms with van der Waals surface area (Å²) < 4.78 is 0. The molecule has 0 amide bonds. The Morgan fingerprint density at radius 2 is 1.75 bits per heavy atom. The Bertz CT molecular complexity index is 406. The average molecular weight is 275 g/mol. The highest BCUT2D eigenvalue weighted by Crippen LogP contribution is 2.48. The van der Waals surface area contributed by atoms with Gasteiger partial charge >= 0.3 is 0 Å². The normalized spacial score (nSPS) is 18.2. The summed E-state index contributed by atoms with van der Waals surface area (Å²) in [4.78, 5) is 0. The number of aliphatic hydroxyl groups is 1. The van der Waals surface area contributed by atoms with E-state index in [2.05, 4.69) is 50.4 Å². The van der Waals surface area contributed by atoms with E-state index in [1.54, 1.807) is 0 Å². The summed E-state index contributed by atoms with van der Waals surface area (Å²) in [6.07, 6.45) is 4.90. The second kappa shape index (κ2) is 6.73. The molecular formula is C18H29NO. The smallest absolute Gasteiger partial charge is 0.0914 e. The van der Waals surface area contributed by atoms with Crippen molar-refractivity contribution in [3.8, 4) is 0 Å². The molecule has 2 nitrogen and oxygen atoms in total. The molecule has 1 saturated carbocycles. The van der Waals surface area contributed by atoms with Gasteiger partial charge in [0.25, 0.3) is 0 Å². The second-order valence-corrected chi connectivity index (χ2v) is 6.72. The van der Waals surface area contributed by atoms with Crippen LogP contribution in [0.4, 0.5) is 0 Å². The Labute approximate surface area is 123 Å². The van der Waals surface area contributed by atoms with Crippen LogP contribution in [0.25, 0.3) is 0 Å². The van der Waals surface area contributed by atoms with Gasteiger partial charge in [-0.1, -0.05) is 51.5 Å². The number of rotatable bonds is 8. The lowest BCUT2D eigenvalue weighted by Gasteiger charge is -2.18. The standard InChI is InChI=1S/C18H29NO/c1-4-9-18(10-11-18)13-19-12-17(20)16-7-5-15(6-8-16)14(2)3/h5-8,14,17,19-20H,4,9-13H2,1-3H3. The predicted octanol–water partition coefficient (Wildman–Crippen LogP) is 4.01. The van der Waals surface area contributed by atoms with E-state index in [4.69, 9.17) is 0 Å². The number of nitrogens with one attached hydrogen (secondary N) is 1. The summed E-state index contributed by atoms with van der Waals surface area (Å²) >= 11 is 0. The zero-order valence-corrected chi connectivity index (χ0v) is 13.2. The van der Waals surface area contributed by atoms with Crippen molar-refractivity contribution < 1.29 is 5.11 Å². The molecule has 2 rings (SSSR count). The lowest BCUT2D eigenvalue weighted by molar-refractivity contribution is 0.171. The molecule has 0 bridgehead atoms. The van der Waals surface area contributed by atoms with Crippen molar-refractivity contribution in [2.45, 2.75) is 58.5 Å². The van der Waals surface area contributed by atoms with Crippen molar-refractivity contribution in [3.63, 3.8) is 0 Å². The molecule has 1 aromatic rings. The van der Waals surface area contributed by atoms with Crippen molar-refractivity contribution in [3.05, 3.63) is 35.4 Å². The molecule has 0 radical (unpaired) electrons. The molecule has 0 spiro atoms. The molecule has 1 unspecified atom stereocenters. The monoisotopic (exact) mass is 275 g/mol. The van der Waals surface area contributed by atoms with Gasteiger partial charge in [-0.25, -0.2) is 0 Å². The van der Waals surface area contributed by atoms with Gasteiger partial charge in [0.05, 0.1) is 6.10 Å². The van der Waals surface area contributed by atoms with E-state index in [0.29, 0.717) is 17.9 Å². The molecule has 1 aliphatic carbocycles. The fourth-order valence-electron chi connectivity index (χ4n) is 2.92. The molecule has 0 aliphatic heterocycles. The predicted molar refractivity (Wildman–Crippen MR) is 84.9 cm³/mol. The van der Waals surface area contributed by atoms with Gasteiger partial charge in [-0.3, -0.25) is 0 Å². The third-order valence-electron chi connectivity index (χ3n) is 4.56. The maximum Gasteiger partial charge on any atom is 0.0914 e. The molecule has 112 valence electrons. The van der Waals surface area contributed by atoms with Crippen molar-refractivity contribution in [2.24, 2.45) is 5.41 Å². The molecule has 0 heterocycles. The van der Waals surface area contributed by atoms with E-state index >= 15 is 0 Å². The van der Waals surface area contributed by atoms with Crippen LogP contribution in [-0.2, 0) is 0 Å². The maximum absolute atomic E-state index is 10.2. The summed E-state index contributed by atoms with van der Waals surface area (Å²) in [5.41, 5.74) is 2.90. The van der Waals surface area contributed by atoms with Crippen LogP contribution >= 0.6 is 0 Å². The van der Waals surface area contributed by atoms with Crippen LogP contribution < -0.4 is 5.32 Å². The van der Waals surface area contributed by atoms with Crippen LogP contribution in [0.5, 0.6) is 0 Å². The first kappa shape index (κ1) is 15.5. The zero-order valence-electron chi connectivity index (χ0n) is 13.2. The minimum Gasteiger partial charge on any atom is -0.387 e. The van der Waals surface area contributed by atoms with Crippen molar-refractivity contribution in [2.75, 3.05) is 13.1 Å². The molecule has 2 N–H and O–H groups in total.